The van der Waals surface area contributed by atoms with Gasteiger partial charge in [0.2, 0.25) is 0 Å². The molecule has 2 heterocycles. The summed E-state index contributed by atoms with van der Waals surface area (Å²) < 4.78 is 16.2. The van der Waals surface area contributed by atoms with E-state index in [9.17, 15) is 14.7 Å². The van der Waals surface area contributed by atoms with Crippen molar-refractivity contribution in [3.8, 4) is 17.2 Å². The smallest absolute Gasteiger partial charge is 0.295 e. The molecule has 1 amide bonds. The normalized spacial score (nSPS) is 17.0. The molecule has 3 aromatic rings. The predicted molar refractivity (Wildman–Crippen MR) is 125 cm³/mol. The van der Waals surface area contributed by atoms with Crippen LogP contribution in [0.15, 0.2) is 72.6 Å². The van der Waals surface area contributed by atoms with Gasteiger partial charge >= 0.3 is 0 Å². The van der Waals surface area contributed by atoms with Gasteiger partial charge in [0.15, 0.2) is 0 Å². The molecule has 2 aromatic carbocycles. The standard InChI is InChI=1S/C26H24N2O6/c1-32-18-8-4-7-17(12-18)24(29)22-23(20-13-19(33-2)9-10-21(20)34-3)28(26(31)25(22)30)15-16-6-5-11-27-14-16/h4-14,23,29H,15H2,1-3H3/b24-22+/t23-/m1/s1. The molecular formula is C26H24N2O6. The first-order valence-electron chi connectivity index (χ1n) is 10.5. The van der Waals surface area contributed by atoms with Gasteiger partial charge in [-0.3, -0.25) is 14.6 Å². The van der Waals surface area contributed by atoms with Crippen LogP contribution in [0.1, 0.15) is 22.7 Å². The number of hydrogen-bond donors (Lipinski definition) is 1. The number of pyridine rings is 1. The van der Waals surface area contributed by atoms with Gasteiger partial charge in [-0.1, -0.05) is 18.2 Å². The lowest BCUT2D eigenvalue weighted by atomic mass is 9.94. The van der Waals surface area contributed by atoms with Gasteiger partial charge in [0.05, 0.1) is 32.9 Å². The number of carbonyl (C=O) groups excluding carboxylic acids is 2. The van der Waals surface area contributed by atoms with Gasteiger partial charge in [-0.05, 0) is 42.0 Å². The first-order valence-corrected chi connectivity index (χ1v) is 10.5. The number of aliphatic hydroxyl groups excluding tert-OH is 1. The van der Waals surface area contributed by atoms with Crippen LogP contribution in [-0.4, -0.2) is 48.0 Å². The van der Waals surface area contributed by atoms with E-state index in [2.05, 4.69) is 4.98 Å². The number of Topliss-reactive ketones (excluding diaryl/α,β-unsaturated/α-hetero) is 1. The molecule has 1 aliphatic rings. The number of amides is 1. The molecular weight excluding hydrogens is 436 g/mol. The Balaban J connectivity index is 1.94. The van der Waals surface area contributed by atoms with E-state index >= 15 is 0 Å². The Bertz CT molecular complexity index is 1260. The second kappa shape index (κ2) is 9.66. The molecule has 0 aliphatic carbocycles. The average Bonchev–Trinajstić information content (AvgIpc) is 3.13. The highest BCUT2D eigenvalue weighted by molar-refractivity contribution is 6.46. The van der Waals surface area contributed by atoms with Gasteiger partial charge in [-0.2, -0.15) is 0 Å². The maximum absolute atomic E-state index is 13.3. The molecule has 1 atom stereocenters. The lowest BCUT2D eigenvalue weighted by molar-refractivity contribution is -0.140. The number of ketones is 1. The monoisotopic (exact) mass is 460 g/mol. The minimum Gasteiger partial charge on any atom is -0.507 e. The van der Waals surface area contributed by atoms with Crippen LogP contribution < -0.4 is 14.2 Å². The summed E-state index contributed by atoms with van der Waals surface area (Å²) in [5, 5.41) is 11.3. The number of benzene rings is 2. The molecule has 0 spiro atoms. The molecule has 1 N–H and O–H groups in total. The van der Waals surface area contributed by atoms with Crippen LogP contribution in [0.4, 0.5) is 0 Å². The lowest BCUT2D eigenvalue weighted by Gasteiger charge is -2.27. The van der Waals surface area contributed by atoms with Gasteiger partial charge in [0.25, 0.3) is 11.7 Å². The summed E-state index contributed by atoms with van der Waals surface area (Å²) in [5.74, 6) is -0.364. The lowest BCUT2D eigenvalue weighted by Crippen LogP contribution is -2.29. The summed E-state index contributed by atoms with van der Waals surface area (Å²) in [6.45, 7) is 0.109. The van der Waals surface area contributed by atoms with Crippen LogP contribution in [0.3, 0.4) is 0 Å². The second-order valence-corrected chi connectivity index (χ2v) is 7.63. The fourth-order valence-corrected chi connectivity index (χ4v) is 4.03. The Labute approximate surface area is 197 Å². The molecule has 0 unspecified atom stereocenters. The first-order chi connectivity index (χ1) is 16.5. The molecule has 1 saturated heterocycles. The Morgan fingerprint density at radius 1 is 0.971 bits per heavy atom. The van der Waals surface area contributed by atoms with Crippen LogP contribution in [0.2, 0.25) is 0 Å². The number of rotatable bonds is 7. The molecule has 8 heteroatoms. The summed E-state index contributed by atoms with van der Waals surface area (Å²) in [5.41, 5.74) is 1.55. The van der Waals surface area contributed by atoms with E-state index in [0.717, 1.165) is 5.56 Å². The van der Waals surface area contributed by atoms with Crippen molar-refractivity contribution in [1.82, 2.24) is 9.88 Å². The van der Waals surface area contributed by atoms with Gasteiger partial charge in [-0.25, -0.2) is 0 Å². The third-order valence-electron chi connectivity index (χ3n) is 5.69. The summed E-state index contributed by atoms with van der Waals surface area (Å²) in [7, 11) is 4.53. The highest BCUT2D eigenvalue weighted by atomic mass is 16.5. The van der Waals surface area contributed by atoms with Gasteiger partial charge in [-0.15, -0.1) is 0 Å². The van der Waals surface area contributed by atoms with Crippen LogP contribution in [0.5, 0.6) is 17.2 Å². The van der Waals surface area contributed by atoms with Crippen LogP contribution in [-0.2, 0) is 16.1 Å². The quantitative estimate of drug-likeness (QED) is 0.326. The largest absolute Gasteiger partial charge is 0.507 e. The third-order valence-corrected chi connectivity index (χ3v) is 5.69. The maximum atomic E-state index is 13.3. The van der Waals surface area contributed by atoms with E-state index in [1.165, 1.54) is 26.2 Å². The zero-order valence-corrected chi connectivity index (χ0v) is 19.0. The maximum Gasteiger partial charge on any atom is 0.295 e. The van der Waals surface area contributed by atoms with E-state index in [4.69, 9.17) is 14.2 Å². The van der Waals surface area contributed by atoms with Crippen molar-refractivity contribution in [2.24, 2.45) is 0 Å². The van der Waals surface area contributed by atoms with Crippen molar-refractivity contribution in [3.05, 3.63) is 89.3 Å². The summed E-state index contributed by atoms with van der Waals surface area (Å²) in [6.07, 6.45) is 3.25. The number of ether oxygens (including phenoxy) is 3. The summed E-state index contributed by atoms with van der Waals surface area (Å²) in [4.78, 5) is 32.0. The molecule has 1 aliphatic heterocycles. The molecule has 8 nitrogen and oxygen atoms in total. The Hall–Kier alpha value is -4.33. The van der Waals surface area contributed by atoms with Crippen LogP contribution in [0.25, 0.3) is 5.76 Å². The van der Waals surface area contributed by atoms with E-state index in [1.54, 1.807) is 60.9 Å². The molecule has 4 rings (SSSR count). The van der Waals surface area contributed by atoms with Gasteiger partial charge in [0.1, 0.15) is 23.0 Å². The van der Waals surface area contributed by atoms with E-state index < -0.39 is 17.7 Å². The second-order valence-electron chi connectivity index (χ2n) is 7.63. The molecule has 34 heavy (non-hydrogen) atoms. The number of hydrogen-bond acceptors (Lipinski definition) is 7. The highest BCUT2D eigenvalue weighted by Gasteiger charge is 2.47. The fraction of sp³-hybridized carbons (Fsp3) is 0.192. The number of likely N-dealkylation sites (tertiary alicyclic amines) is 1. The van der Waals surface area contributed by atoms with E-state index in [-0.39, 0.29) is 17.9 Å². The topological polar surface area (TPSA) is 98.2 Å². The SMILES string of the molecule is COc1cccc(/C(O)=C2\C(=O)C(=O)N(Cc3cccnc3)[C@@H]2c2cc(OC)ccc2OC)c1. The van der Waals surface area contributed by atoms with Crippen LogP contribution in [0, 0.1) is 0 Å². The number of aliphatic hydroxyl groups is 1. The van der Waals surface area contributed by atoms with Crippen molar-refractivity contribution in [1.29, 1.82) is 0 Å². The van der Waals surface area contributed by atoms with Gasteiger partial charge in [0, 0.05) is 30.1 Å². The van der Waals surface area contributed by atoms with Crippen molar-refractivity contribution in [2.45, 2.75) is 12.6 Å². The number of aromatic nitrogens is 1. The van der Waals surface area contributed by atoms with Crippen molar-refractivity contribution < 1.29 is 28.9 Å². The predicted octanol–water partition coefficient (Wildman–Crippen LogP) is 3.73. The van der Waals surface area contributed by atoms with Crippen molar-refractivity contribution >= 4 is 17.4 Å². The number of carbonyl (C=O) groups is 2. The molecule has 0 radical (unpaired) electrons. The Kier molecular flexibility index (Phi) is 6.49. The molecule has 1 aromatic heterocycles. The zero-order chi connectivity index (χ0) is 24.2. The Morgan fingerprint density at radius 2 is 1.74 bits per heavy atom. The minimum atomic E-state index is -0.920. The first kappa shape index (κ1) is 22.8. The highest BCUT2D eigenvalue weighted by Crippen LogP contribution is 2.44. The minimum absolute atomic E-state index is 0.0475. The average molecular weight is 460 g/mol. The molecule has 1 fully saturated rings. The number of nitrogens with zero attached hydrogens (tertiary/aromatic N) is 2. The third kappa shape index (κ3) is 4.17. The number of methoxy groups -OCH3 is 3. The summed E-state index contributed by atoms with van der Waals surface area (Å²) in [6, 6.07) is 14.4. The summed E-state index contributed by atoms with van der Waals surface area (Å²) >= 11 is 0. The molecule has 0 bridgehead atoms. The Morgan fingerprint density at radius 3 is 2.41 bits per heavy atom. The van der Waals surface area contributed by atoms with Crippen molar-refractivity contribution in [2.75, 3.05) is 21.3 Å². The van der Waals surface area contributed by atoms with Crippen LogP contribution >= 0.6 is 0 Å². The van der Waals surface area contributed by atoms with E-state index in [0.29, 0.717) is 28.4 Å². The zero-order valence-electron chi connectivity index (χ0n) is 19.0. The molecule has 174 valence electrons. The van der Waals surface area contributed by atoms with Crippen molar-refractivity contribution in [3.63, 3.8) is 0 Å². The van der Waals surface area contributed by atoms with Gasteiger partial charge < -0.3 is 24.2 Å². The fourth-order valence-electron chi connectivity index (χ4n) is 4.03. The van der Waals surface area contributed by atoms with E-state index in [1.807, 2.05) is 6.07 Å². The molecule has 0 saturated carbocycles.